The van der Waals surface area contributed by atoms with Gasteiger partial charge < -0.3 is 10.6 Å². The summed E-state index contributed by atoms with van der Waals surface area (Å²) < 4.78 is 0. The van der Waals surface area contributed by atoms with Crippen molar-refractivity contribution in [1.29, 1.82) is 5.41 Å². The molecule has 0 atom stereocenters. The number of nitrogens with one attached hydrogen (secondary N) is 1. The van der Waals surface area contributed by atoms with Crippen LogP contribution < -0.4 is 5.73 Å². The maximum Gasteiger partial charge on any atom is 0.0765 e. The molecule has 0 amide bonds. The van der Waals surface area contributed by atoms with Crippen LogP contribution in [0.2, 0.25) is 0 Å². The van der Waals surface area contributed by atoms with Crippen molar-refractivity contribution >= 4 is 6.34 Å². The van der Waals surface area contributed by atoms with Crippen molar-refractivity contribution in [2.24, 2.45) is 5.73 Å². The fraction of sp³-hybridized carbons (Fsp3) is 0.750. The lowest BCUT2D eigenvalue weighted by atomic mass is 11.0. The highest BCUT2D eigenvalue weighted by molar-refractivity contribution is 5.46. The van der Waals surface area contributed by atoms with Crippen molar-refractivity contribution < 1.29 is 0 Å². The summed E-state index contributed by atoms with van der Waals surface area (Å²) in [5.74, 6) is 0. The first-order chi connectivity index (χ1) is 3.15. The maximum absolute atomic E-state index is 5.86. The van der Waals surface area contributed by atoms with Crippen LogP contribution in [0.5, 0.6) is 0 Å². The molecule has 7 heavy (non-hydrogen) atoms. The van der Waals surface area contributed by atoms with E-state index in [-0.39, 0.29) is 0 Å². The molecule has 0 radical (unpaired) electrons. The van der Waals surface area contributed by atoms with Gasteiger partial charge in [0.2, 0.25) is 0 Å². The summed E-state index contributed by atoms with van der Waals surface area (Å²) in [6.45, 7) is 0. The molecule has 0 spiro atoms. The fourth-order valence-electron chi connectivity index (χ4n) is 0. The Morgan fingerprint density at radius 3 is 1.43 bits per heavy atom. The second kappa shape index (κ2) is 9.06. The molecule has 0 rings (SSSR count). The van der Waals surface area contributed by atoms with Gasteiger partial charge >= 0.3 is 0 Å². The topological polar surface area (TPSA) is 53.1 Å². The highest BCUT2D eigenvalue weighted by atomic mass is 15.0. The third-order valence-electron chi connectivity index (χ3n) is 0. The molecule has 0 saturated heterocycles. The Kier molecular flexibility index (Phi) is 12.5. The third-order valence-corrected chi connectivity index (χ3v) is 0. The summed E-state index contributed by atoms with van der Waals surface area (Å²) in [7, 11) is 6.00. The van der Waals surface area contributed by atoms with Crippen molar-refractivity contribution in [2.75, 3.05) is 21.1 Å². The number of nitrogens with zero attached hydrogens (tertiary/aromatic N) is 1. The van der Waals surface area contributed by atoms with E-state index < -0.39 is 0 Å². The van der Waals surface area contributed by atoms with Crippen molar-refractivity contribution in [2.45, 2.75) is 0 Å². The van der Waals surface area contributed by atoms with Gasteiger partial charge in [-0.05, 0) is 21.1 Å². The minimum absolute atomic E-state index is 0.750. The molecular weight excluding hydrogens is 90.1 g/mol. The van der Waals surface area contributed by atoms with Gasteiger partial charge in [0.15, 0.2) is 0 Å². The van der Waals surface area contributed by atoms with Crippen LogP contribution >= 0.6 is 0 Å². The molecule has 0 fully saturated rings. The summed E-state index contributed by atoms with van der Waals surface area (Å²) in [5.41, 5.74) is 4.39. The van der Waals surface area contributed by atoms with Crippen LogP contribution in [0.1, 0.15) is 0 Å². The summed E-state index contributed by atoms with van der Waals surface area (Å²) in [5, 5.41) is 5.86. The third kappa shape index (κ3) is 197. The second-order valence-electron chi connectivity index (χ2n) is 1.51. The van der Waals surface area contributed by atoms with Gasteiger partial charge in [0.05, 0.1) is 6.34 Å². The van der Waals surface area contributed by atoms with E-state index in [0.717, 1.165) is 6.34 Å². The lowest BCUT2D eigenvalue weighted by Crippen LogP contribution is -1.99. The predicted molar refractivity (Wildman–Crippen MR) is 32.6 cm³/mol. The van der Waals surface area contributed by atoms with E-state index in [0.29, 0.717) is 0 Å². The lowest BCUT2D eigenvalue weighted by molar-refractivity contribution is 0.505. The Labute approximate surface area is 44.6 Å². The highest BCUT2D eigenvalue weighted by Crippen LogP contribution is 1.47. The molecule has 44 valence electrons. The summed E-state index contributed by atoms with van der Waals surface area (Å²) in [4.78, 5) is 2.00. The van der Waals surface area contributed by atoms with E-state index in [1.54, 1.807) is 0 Å². The van der Waals surface area contributed by atoms with Gasteiger partial charge in [0.25, 0.3) is 0 Å². The van der Waals surface area contributed by atoms with Crippen LogP contribution in [0, 0.1) is 5.41 Å². The molecule has 0 aliphatic heterocycles. The number of hydrogen-bond acceptors (Lipinski definition) is 2. The highest BCUT2D eigenvalue weighted by Gasteiger charge is 1.58. The largest absolute Gasteiger partial charge is 0.390 e. The summed E-state index contributed by atoms with van der Waals surface area (Å²) in [6.07, 6.45) is 0.750. The first kappa shape index (κ1) is 9.66. The van der Waals surface area contributed by atoms with Gasteiger partial charge in [-0.2, -0.15) is 0 Å². The van der Waals surface area contributed by atoms with Crippen LogP contribution in [0.25, 0.3) is 0 Å². The zero-order valence-electron chi connectivity index (χ0n) is 5.10. The first-order valence-electron chi connectivity index (χ1n) is 1.96. The average molecular weight is 103 g/mol. The molecule has 3 heteroatoms. The Balaban J connectivity index is 0. The van der Waals surface area contributed by atoms with E-state index in [4.69, 9.17) is 5.41 Å². The van der Waals surface area contributed by atoms with Crippen LogP contribution in [-0.4, -0.2) is 32.4 Å². The lowest BCUT2D eigenvalue weighted by Gasteiger charge is -1.90. The van der Waals surface area contributed by atoms with Gasteiger partial charge in [-0.25, -0.2) is 0 Å². The molecule has 0 bridgehead atoms. The van der Waals surface area contributed by atoms with Gasteiger partial charge in [-0.1, -0.05) is 0 Å². The molecule has 3 N–H and O–H groups in total. The van der Waals surface area contributed by atoms with Crippen molar-refractivity contribution in [3.05, 3.63) is 0 Å². The van der Waals surface area contributed by atoms with Crippen molar-refractivity contribution in [1.82, 2.24) is 4.90 Å². The minimum Gasteiger partial charge on any atom is -0.390 e. The summed E-state index contributed by atoms with van der Waals surface area (Å²) >= 11 is 0. The standard InChI is InChI=1S/C3H9N.CH4N2/c1-4(2)3;2-1-3/h1-3H3;1H,(H3,2,3). The number of nitrogens with two attached hydrogens (primary N) is 1. The van der Waals surface area contributed by atoms with E-state index in [9.17, 15) is 0 Å². The molecule has 0 unspecified atom stereocenters. The molecule has 0 heterocycles. The second-order valence-corrected chi connectivity index (χ2v) is 1.51. The molecule has 3 nitrogen and oxygen atoms in total. The summed E-state index contributed by atoms with van der Waals surface area (Å²) in [6, 6.07) is 0. The van der Waals surface area contributed by atoms with Crippen LogP contribution in [0.15, 0.2) is 0 Å². The molecule has 0 aliphatic rings. The monoisotopic (exact) mass is 103 g/mol. The van der Waals surface area contributed by atoms with Crippen molar-refractivity contribution in [3.8, 4) is 0 Å². The number of rotatable bonds is 0. The molecule has 0 aliphatic carbocycles. The van der Waals surface area contributed by atoms with Gasteiger partial charge in [-0.3, -0.25) is 5.41 Å². The zero-order valence-corrected chi connectivity index (χ0v) is 5.10. The maximum atomic E-state index is 5.86. The van der Waals surface area contributed by atoms with Crippen LogP contribution in [0.4, 0.5) is 0 Å². The minimum atomic E-state index is 0.750. The van der Waals surface area contributed by atoms with E-state index in [2.05, 4.69) is 5.73 Å². The normalized spacial score (nSPS) is 6.86. The van der Waals surface area contributed by atoms with Gasteiger partial charge in [0.1, 0.15) is 0 Å². The molecule has 0 aromatic carbocycles. The smallest absolute Gasteiger partial charge is 0.0765 e. The van der Waals surface area contributed by atoms with Gasteiger partial charge in [-0.15, -0.1) is 0 Å². The number of hydrogen-bond donors (Lipinski definition) is 2. The molecular formula is C4H13N3. The zero-order chi connectivity index (χ0) is 6.28. The van der Waals surface area contributed by atoms with Crippen molar-refractivity contribution in [3.63, 3.8) is 0 Å². The van der Waals surface area contributed by atoms with E-state index in [1.165, 1.54) is 0 Å². The SMILES string of the molecule is CN(C)C.N=CN. The molecule has 0 aromatic heterocycles. The average Bonchev–Trinajstić information content (AvgIpc) is 1.33. The predicted octanol–water partition coefficient (Wildman–Crippen LogP) is -0.270. The van der Waals surface area contributed by atoms with E-state index >= 15 is 0 Å². The molecule has 0 aromatic rings. The van der Waals surface area contributed by atoms with Crippen LogP contribution in [0.3, 0.4) is 0 Å². The van der Waals surface area contributed by atoms with E-state index in [1.807, 2.05) is 26.0 Å². The molecule has 0 saturated carbocycles. The Morgan fingerprint density at radius 1 is 1.43 bits per heavy atom. The first-order valence-corrected chi connectivity index (χ1v) is 1.96. The van der Waals surface area contributed by atoms with Gasteiger partial charge in [0, 0.05) is 0 Å². The Morgan fingerprint density at radius 2 is 1.43 bits per heavy atom. The quantitative estimate of drug-likeness (QED) is 0.327. The fourth-order valence-corrected chi connectivity index (χ4v) is 0. The Hall–Kier alpha value is -0.570. The van der Waals surface area contributed by atoms with Crippen LogP contribution in [-0.2, 0) is 0 Å². The Bertz CT molecular complexity index is 31.2.